The van der Waals surface area contributed by atoms with Crippen molar-refractivity contribution in [2.75, 3.05) is 49.7 Å². The van der Waals surface area contributed by atoms with Crippen molar-refractivity contribution < 1.29 is 4.74 Å². The van der Waals surface area contributed by atoms with Crippen molar-refractivity contribution in [3.63, 3.8) is 0 Å². The fourth-order valence-electron chi connectivity index (χ4n) is 4.14. The molecular formula is C19H28N6O. The molecule has 0 aliphatic carbocycles. The van der Waals surface area contributed by atoms with Gasteiger partial charge in [0.1, 0.15) is 5.82 Å². The van der Waals surface area contributed by atoms with E-state index in [-0.39, 0.29) is 0 Å². The minimum absolute atomic E-state index is 0.420. The van der Waals surface area contributed by atoms with Crippen molar-refractivity contribution in [3.05, 3.63) is 30.6 Å². The molecule has 7 nitrogen and oxygen atoms in total. The normalized spacial score (nSPS) is 20.7. The summed E-state index contributed by atoms with van der Waals surface area (Å²) in [5, 5.41) is 0. The van der Waals surface area contributed by atoms with Crippen LogP contribution in [0.4, 0.5) is 11.6 Å². The molecule has 0 amide bonds. The Morgan fingerprint density at radius 3 is 2.46 bits per heavy atom. The molecule has 7 heteroatoms. The number of ether oxygens (including phenoxy) is 1. The Kier molecular flexibility index (Phi) is 5.34. The van der Waals surface area contributed by atoms with E-state index < -0.39 is 0 Å². The Balaban J connectivity index is 1.54. The summed E-state index contributed by atoms with van der Waals surface area (Å²) < 4.78 is 7.47. The van der Waals surface area contributed by atoms with Gasteiger partial charge in [-0.3, -0.25) is 0 Å². The molecule has 0 bridgehead atoms. The lowest BCUT2D eigenvalue weighted by molar-refractivity contribution is 0.185. The maximum absolute atomic E-state index is 5.24. The second kappa shape index (κ2) is 8.03. The van der Waals surface area contributed by atoms with Crippen molar-refractivity contribution >= 4 is 11.6 Å². The molecule has 2 aliphatic heterocycles. The Labute approximate surface area is 155 Å². The van der Waals surface area contributed by atoms with Crippen LogP contribution >= 0.6 is 0 Å². The van der Waals surface area contributed by atoms with Gasteiger partial charge in [-0.25, -0.2) is 15.0 Å². The smallest absolute Gasteiger partial charge is 0.172 e. The van der Waals surface area contributed by atoms with E-state index in [1.165, 1.54) is 25.1 Å². The molecule has 140 valence electrons. The fourth-order valence-corrected chi connectivity index (χ4v) is 4.14. The van der Waals surface area contributed by atoms with Crippen LogP contribution in [0, 0.1) is 0 Å². The van der Waals surface area contributed by atoms with Crippen LogP contribution in [0.2, 0.25) is 0 Å². The maximum atomic E-state index is 5.24. The number of piperidine rings is 1. The number of hydrogen-bond donors (Lipinski definition) is 0. The highest BCUT2D eigenvalue weighted by Crippen LogP contribution is 2.33. The Hall–Kier alpha value is -2.15. The molecule has 0 saturated carbocycles. The monoisotopic (exact) mass is 356 g/mol. The summed E-state index contributed by atoms with van der Waals surface area (Å²) in [6.45, 7) is 5.72. The van der Waals surface area contributed by atoms with E-state index in [0.717, 1.165) is 50.8 Å². The summed E-state index contributed by atoms with van der Waals surface area (Å²) in [7, 11) is 1.74. The molecule has 1 unspecified atom stereocenters. The average Bonchev–Trinajstić information content (AvgIpc) is 3.38. The first-order chi connectivity index (χ1) is 12.9. The van der Waals surface area contributed by atoms with Gasteiger partial charge in [0, 0.05) is 70.5 Å². The van der Waals surface area contributed by atoms with Crippen molar-refractivity contribution in [1.82, 2.24) is 19.5 Å². The zero-order chi connectivity index (χ0) is 17.8. The number of imidazole rings is 1. The first kappa shape index (κ1) is 17.3. The Morgan fingerprint density at radius 1 is 0.962 bits per heavy atom. The summed E-state index contributed by atoms with van der Waals surface area (Å²) in [4.78, 5) is 18.8. The highest BCUT2D eigenvalue weighted by atomic mass is 16.5. The van der Waals surface area contributed by atoms with Gasteiger partial charge in [0.15, 0.2) is 11.6 Å². The third kappa shape index (κ3) is 3.53. The van der Waals surface area contributed by atoms with Gasteiger partial charge >= 0.3 is 0 Å². The molecule has 4 rings (SSSR count). The molecule has 0 spiro atoms. The van der Waals surface area contributed by atoms with Crippen molar-refractivity contribution in [2.45, 2.75) is 38.1 Å². The Morgan fingerprint density at radius 2 is 1.69 bits per heavy atom. The molecule has 2 saturated heterocycles. The van der Waals surface area contributed by atoms with Crippen molar-refractivity contribution in [2.24, 2.45) is 0 Å². The number of methoxy groups -OCH3 is 1. The van der Waals surface area contributed by atoms with Gasteiger partial charge in [0.2, 0.25) is 0 Å². The third-order valence-corrected chi connectivity index (χ3v) is 5.44. The average molecular weight is 356 g/mol. The molecule has 1 atom stereocenters. The molecule has 0 N–H and O–H groups in total. The summed E-state index contributed by atoms with van der Waals surface area (Å²) in [5.74, 6) is 3.67. The van der Waals surface area contributed by atoms with E-state index in [4.69, 9.17) is 9.72 Å². The lowest BCUT2D eigenvalue weighted by Gasteiger charge is -2.35. The first-order valence-electron chi connectivity index (χ1n) is 9.67. The molecule has 0 aromatic carbocycles. The van der Waals surface area contributed by atoms with E-state index in [1.807, 2.05) is 18.6 Å². The molecular weight excluding hydrogens is 328 g/mol. The topological polar surface area (TPSA) is 59.3 Å². The van der Waals surface area contributed by atoms with Gasteiger partial charge in [-0.1, -0.05) is 0 Å². The Bertz CT molecular complexity index is 712. The quantitative estimate of drug-likeness (QED) is 0.792. The number of hydrogen-bond acceptors (Lipinski definition) is 6. The van der Waals surface area contributed by atoms with Crippen LogP contribution in [0.5, 0.6) is 0 Å². The van der Waals surface area contributed by atoms with Crippen LogP contribution in [0.3, 0.4) is 0 Å². The van der Waals surface area contributed by atoms with Crippen LogP contribution in [-0.4, -0.2) is 59.4 Å². The van der Waals surface area contributed by atoms with Crippen LogP contribution in [0.1, 0.15) is 37.4 Å². The number of rotatable bonds is 6. The maximum Gasteiger partial charge on any atom is 0.172 e. The molecule has 26 heavy (non-hydrogen) atoms. The highest BCUT2D eigenvalue weighted by molar-refractivity contribution is 5.63. The van der Waals surface area contributed by atoms with Crippen LogP contribution < -0.4 is 9.80 Å². The van der Waals surface area contributed by atoms with E-state index in [9.17, 15) is 0 Å². The molecule has 4 heterocycles. The predicted octanol–water partition coefficient (Wildman–Crippen LogP) is 2.30. The largest absolute Gasteiger partial charge is 0.383 e. The lowest BCUT2D eigenvalue weighted by atomic mass is 9.97. The molecule has 0 radical (unpaired) electrons. The van der Waals surface area contributed by atoms with E-state index in [1.54, 1.807) is 7.11 Å². The second-order valence-corrected chi connectivity index (χ2v) is 7.15. The van der Waals surface area contributed by atoms with Crippen molar-refractivity contribution in [1.29, 1.82) is 0 Å². The van der Waals surface area contributed by atoms with E-state index in [2.05, 4.69) is 30.5 Å². The summed E-state index contributed by atoms with van der Waals surface area (Å²) in [6, 6.07) is 0. The number of aromatic nitrogens is 4. The van der Waals surface area contributed by atoms with Gasteiger partial charge in [-0.05, 0) is 25.7 Å². The second-order valence-electron chi connectivity index (χ2n) is 7.15. The third-order valence-electron chi connectivity index (χ3n) is 5.44. The summed E-state index contributed by atoms with van der Waals surface area (Å²) in [6.07, 6.45) is 12.4. The number of nitrogens with zero attached hydrogens (tertiary/aromatic N) is 6. The summed E-state index contributed by atoms with van der Waals surface area (Å²) >= 11 is 0. The van der Waals surface area contributed by atoms with E-state index in [0.29, 0.717) is 12.5 Å². The zero-order valence-electron chi connectivity index (χ0n) is 15.5. The molecule has 2 fully saturated rings. The predicted molar refractivity (Wildman–Crippen MR) is 102 cm³/mol. The lowest BCUT2D eigenvalue weighted by Crippen LogP contribution is -2.37. The summed E-state index contributed by atoms with van der Waals surface area (Å²) in [5.41, 5.74) is 0. The molecule has 2 aromatic heterocycles. The van der Waals surface area contributed by atoms with E-state index >= 15 is 0 Å². The SMILES string of the molecule is COCCn1ccnc1C1CCCN(c2nccnc2N2CCCC2)C1. The van der Waals surface area contributed by atoms with Crippen LogP contribution in [0.25, 0.3) is 0 Å². The van der Waals surface area contributed by atoms with Crippen LogP contribution in [-0.2, 0) is 11.3 Å². The van der Waals surface area contributed by atoms with Crippen molar-refractivity contribution in [3.8, 4) is 0 Å². The molecule has 2 aromatic rings. The zero-order valence-corrected chi connectivity index (χ0v) is 15.5. The van der Waals surface area contributed by atoms with Crippen LogP contribution in [0.15, 0.2) is 24.8 Å². The molecule has 2 aliphatic rings. The minimum atomic E-state index is 0.420. The van der Waals surface area contributed by atoms with Gasteiger partial charge in [0.05, 0.1) is 6.61 Å². The van der Waals surface area contributed by atoms with Gasteiger partial charge in [-0.15, -0.1) is 0 Å². The van der Waals surface area contributed by atoms with Gasteiger partial charge in [0.25, 0.3) is 0 Å². The fraction of sp³-hybridized carbons (Fsp3) is 0.632. The van der Waals surface area contributed by atoms with Gasteiger partial charge in [-0.2, -0.15) is 0 Å². The van der Waals surface area contributed by atoms with Gasteiger partial charge < -0.3 is 19.1 Å². The number of anilines is 2. The first-order valence-corrected chi connectivity index (χ1v) is 9.67. The highest BCUT2D eigenvalue weighted by Gasteiger charge is 2.28. The standard InChI is InChI=1S/C19H28N6O/c1-26-14-13-24-12-8-22-17(24)16-5-4-11-25(15-16)19-18(20-6-7-21-19)23-9-2-3-10-23/h6-8,12,16H,2-5,9-11,13-15H2,1H3. The minimum Gasteiger partial charge on any atom is -0.383 e.